The third-order valence-electron chi connectivity index (χ3n) is 3.87. The van der Waals surface area contributed by atoms with Gasteiger partial charge in [-0.1, -0.05) is 19.8 Å². The lowest BCUT2D eigenvalue weighted by Crippen LogP contribution is -2.51. The van der Waals surface area contributed by atoms with Crippen LogP contribution in [0.15, 0.2) is 0 Å². The Bertz CT molecular complexity index is 232. The van der Waals surface area contributed by atoms with Crippen LogP contribution in [0.4, 0.5) is 0 Å². The van der Waals surface area contributed by atoms with Crippen molar-refractivity contribution in [2.24, 2.45) is 0 Å². The summed E-state index contributed by atoms with van der Waals surface area (Å²) in [6, 6.07) is 0. The molecule has 100 valence electrons. The highest BCUT2D eigenvalue weighted by Gasteiger charge is 2.30. The van der Waals surface area contributed by atoms with E-state index in [2.05, 4.69) is 14.0 Å². The maximum absolute atomic E-state index is 10.9. The summed E-state index contributed by atoms with van der Waals surface area (Å²) >= 11 is 0. The monoisotopic (exact) mass is 242 g/mol. The molecule has 1 rings (SSSR count). The van der Waals surface area contributed by atoms with Crippen LogP contribution in [0.1, 0.15) is 52.4 Å². The van der Waals surface area contributed by atoms with Crippen LogP contribution in [0.5, 0.6) is 0 Å². The predicted molar refractivity (Wildman–Crippen MR) is 69.7 cm³/mol. The van der Waals surface area contributed by atoms with Gasteiger partial charge in [-0.2, -0.15) is 0 Å². The molecule has 0 aromatic rings. The van der Waals surface area contributed by atoms with Crippen LogP contribution in [0.3, 0.4) is 0 Å². The van der Waals surface area contributed by atoms with Crippen molar-refractivity contribution in [1.29, 1.82) is 0 Å². The quantitative estimate of drug-likeness (QED) is 0.407. The maximum atomic E-state index is 10.9. The zero-order chi connectivity index (χ0) is 12.7. The summed E-state index contributed by atoms with van der Waals surface area (Å²) in [4.78, 5) is 10.9. The van der Waals surface area contributed by atoms with Crippen LogP contribution in [-0.4, -0.2) is 43.2 Å². The van der Waals surface area contributed by atoms with E-state index >= 15 is 0 Å². The van der Waals surface area contributed by atoms with Crippen molar-refractivity contribution in [2.45, 2.75) is 58.5 Å². The van der Waals surface area contributed by atoms with Gasteiger partial charge in [0.15, 0.2) is 0 Å². The molecule has 0 saturated carbocycles. The number of unbranched alkanes of at least 4 members (excludes halogenated alkanes) is 3. The number of quaternary nitrogens is 1. The second-order valence-corrected chi connectivity index (χ2v) is 5.66. The Morgan fingerprint density at radius 1 is 1.24 bits per heavy atom. The molecule has 1 aliphatic heterocycles. The van der Waals surface area contributed by atoms with Crippen LogP contribution >= 0.6 is 0 Å². The highest BCUT2D eigenvalue weighted by atomic mass is 16.5. The van der Waals surface area contributed by atoms with E-state index in [4.69, 9.17) is 4.74 Å². The van der Waals surface area contributed by atoms with Crippen LogP contribution in [0.25, 0.3) is 0 Å². The molecule has 0 aliphatic carbocycles. The maximum Gasteiger partial charge on any atom is 0.302 e. The van der Waals surface area contributed by atoms with E-state index in [-0.39, 0.29) is 12.1 Å². The van der Waals surface area contributed by atoms with E-state index < -0.39 is 0 Å². The Morgan fingerprint density at radius 2 is 1.88 bits per heavy atom. The van der Waals surface area contributed by atoms with Crippen LogP contribution in [0.2, 0.25) is 0 Å². The number of rotatable bonds is 6. The van der Waals surface area contributed by atoms with E-state index in [1.54, 1.807) is 0 Å². The van der Waals surface area contributed by atoms with Gasteiger partial charge in [0.1, 0.15) is 6.10 Å². The Balaban J connectivity index is 2.21. The lowest BCUT2D eigenvalue weighted by molar-refractivity contribution is -0.915. The van der Waals surface area contributed by atoms with Crippen LogP contribution < -0.4 is 0 Å². The Hall–Kier alpha value is -0.570. The molecule has 0 radical (unpaired) electrons. The largest absolute Gasteiger partial charge is 0.462 e. The molecular weight excluding hydrogens is 214 g/mol. The first-order valence-corrected chi connectivity index (χ1v) is 7.06. The molecule has 0 atom stereocenters. The molecule has 0 spiro atoms. The van der Waals surface area contributed by atoms with Crippen molar-refractivity contribution in [3.05, 3.63) is 0 Å². The van der Waals surface area contributed by atoms with Crippen molar-refractivity contribution >= 4 is 5.97 Å². The zero-order valence-corrected chi connectivity index (χ0v) is 11.7. The van der Waals surface area contributed by atoms with Crippen molar-refractivity contribution in [2.75, 3.05) is 26.7 Å². The normalized spacial score (nSPS) is 29.0. The Morgan fingerprint density at radius 3 is 2.41 bits per heavy atom. The number of carbonyl (C=O) groups excluding carboxylic acids is 1. The van der Waals surface area contributed by atoms with E-state index in [0.717, 1.165) is 25.9 Å². The fourth-order valence-corrected chi connectivity index (χ4v) is 2.66. The molecular formula is C14H28NO2+. The summed E-state index contributed by atoms with van der Waals surface area (Å²) in [5.74, 6) is -0.131. The van der Waals surface area contributed by atoms with Gasteiger partial charge in [0.2, 0.25) is 0 Å². The predicted octanol–water partition coefficient (Wildman–Crippen LogP) is 2.74. The average Bonchev–Trinajstić information content (AvgIpc) is 2.28. The minimum Gasteiger partial charge on any atom is -0.462 e. The van der Waals surface area contributed by atoms with Gasteiger partial charge < -0.3 is 9.22 Å². The number of carbonyl (C=O) groups is 1. The zero-order valence-electron chi connectivity index (χ0n) is 11.7. The number of hydrogen-bond acceptors (Lipinski definition) is 2. The minimum atomic E-state index is -0.131. The van der Waals surface area contributed by atoms with Gasteiger partial charge >= 0.3 is 5.97 Å². The molecule has 0 N–H and O–H groups in total. The van der Waals surface area contributed by atoms with Gasteiger partial charge in [0.05, 0.1) is 26.7 Å². The first-order valence-electron chi connectivity index (χ1n) is 7.06. The van der Waals surface area contributed by atoms with Gasteiger partial charge in [-0.25, -0.2) is 0 Å². The van der Waals surface area contributed by atoms with Crippen molar-refractivity contribution in [1.82, 2.24) is 0 Å². The molecule has 3 nitrogen and oxygen atoms in total. The van der Waals surface area contributed by atoms with Gasteiger partial charge in [-0.15, -0.1) is 0 Å². The number of piperidine rings is 1. The van der Waals surface area contributed by atoms with E-state index in [0.29, 0.717) is 0 Å². The molecule has 0 aromatic carbocycles. The first kappa shape index (κ1) is 14.5. The topological polar surface area (TPSA) is 26.3 Å². The van der Waals surface area contributed by atoms with Crippen molar-refractivity contribution < 1.29 is 14.0 Å². The van der Waals surface area contributed by atoms with E-state index in [1.807, 2.05) is 0 Å². The summed E-state index contributed by atoms with van der Waals surface area (Å²) < 4.78 is 6.45. The molecule has 0 bridgehead atoms. The average molecular weight is 242 g/mol. The van der Waals surface area contributed by atoms with E-state index in [1.165, 1.54) is 43.6 Å². The lowest BCUT2D eigenvalue weighted by Gasteiger charge is -2.40. The number of nitrogens with zero attached hydrogens (tertiary/aromatic N) is 1. The molecule has 1 saturated heterocycles. The second kappa shape index (κ2) is 7.00. The van der Waals surface area contributed by atoms with Crippen LogP contribution in [-0.2, 0) is 9.53 Å². The molecule has 17 heavy (non-hydrogen) atoms. The number of esters is 1. The highest BCUT2D eigenvalue weighted by molar-refractivity contribution is 5.66. The summed E-state index contributed by atoms with van der Waals surface area (Å²) in [5, 5.41) is 0. The minimum absolute atomic E-state index is 0.131. The number of likely N-dealkylation sites (tertiary alicyclic amines) is 1. The third kappa shape index (κ3) is 5.53. The van der Waals surface area contributed by atoms with Crippen LogP contribution in [0, 0.1) is 0 Å². The summed E-state index contributed by atoms with van der Waals surface area (Å²) in [5.41, 5.74) is 0. The van der Waals surface area contributed by atoms with Gasteiger partial charge in [-0.3, -0.25) is 4.79 Å². The molecule has 0 unspecified atom stereocenters. The van der Waals surface area contributed by atoms with Crippen molar-refractivity contribution in [3.8, 4) is 0 Å². The lowest BCUT2D eigenvalue weighted by atomic mass is 10.0. The van der Waals surface area contributed by atoms with Crippen molar-refractivity contribution in [3.63, 3.8) is 0 Å². The Kier molecular flexibility index (Phi) is 5.96. The number of hydrogen-bond donors (Lipinski definition) is 0. The number of ether oxygens (including phenoxy) is 1. The highest BCUT2D eigenvalue weighted by Crippen LogP contribution is 2.20. The van der Waals surface area contributed by atoms with Gasteiger partial charge in [0.25, 0.3) is 0 Å². The third-order valence-corrected chi connectivity index (χ3v) is 3.87. The fourth-order valence-electron chi connectivity index (χ4n) is 2.66. The molecule has 0 aromatic heterocycles. The smallest absolute Gasteiger partial charge is 0.302 e. The summed E-state index contributed by atoms with van der Waals surface area (Å²) in [7, 11) is 2.34. The van der Waals surface area contributed by atoms with E-state index in [9.17, 15) is 4.79 Å². The van der Waals surface area contributed by atoms with Gasteiger partial charge in [0, 0.05) is 19.8 Å². The first-order chi connectivity index (χ1) is 8.06. The molecule has 1 aliphatic rings. The Labute approximate surface area is 106 Å². The molecule has 3 heteroatoms. The van der Waals surface area contributed by atoms with Gasteiger partial charge in [-0.05, 0) is 12.8 Å². The SMILES string of the molecule is CCCCCC[N+]1(C)CCC(OC(C)=O)CC1. The molecule has 1 heterocycles. The molecule has 0 amide bonds. The summed E-state index contributed by atoms with van der Waals surface area (Å²) in [6.07, 6.45) is 7.59. The fraction of sp³-hybridized carbons (Fsp3) is 0.929. The second-order valence-electron chi connectivity index (χ2n) is 5.66. The standard InChI is InChI=1S/C14H28NO2/c1-4-5-6-7-10-15(3)11-8-14(9-12-15)17-13(2)16/h14H,4-12H2,1-3H3/q+1. The molecule has 1 fully saturated rings. The summed E-state index contributed by atoms with van der Waals surface area (Å²) in [6.45, 7) is 7.36.